The number of hydrogen-bond donors (Lipinski definition) is 0. The molecule has 3 heterocycles. The molecular weight excluding hydrogens is 435 g/mol. The zero-order valence-corrected chi connectivity index (χ0v) is 17.8. The average molecular weight is 451 g/mol. The summed E-state index contributed by atoms with van der Waals surface area (Å²) in [5.74, 6) is 1.21. The van der Waals surface area contributed by atoms with Crippen molar-refractivity contribution in [3.8, 4) is 34.4 Å². The molecule has 0 spiro atoms. The van der Waals surface area contributed by atoms with Crippen molar-refractivity contribution >= 4 is 11.6 Å². The molecule has 0 aliphatic heterocycles. The molecule has 0 N–H and O–H groups in total. The van der Waals surface area contributed by atoms with E-state index in [2.05, 4.69) is 25.4 Å². The van der Waals surface area contributed by atoms with Crippen LogP contribution in [0.15, 0.2) is 57.5 Å². The molecule has 0 fully saturated rings. The number of benzene rings is 2. The third kappa shape index (κ3) is 3.67. The summed E-state index contributed by atoms with van der Waals surface area (Å²) in [5, 5.41) is 12.3. The lowest BCUT2D eigenvalue weighted by molar-refractivity contribution is 0.430. The predicted molar refractivity (Wildman–Crippen MR) is 114 cm³/mol. The zero-order valence-electron chi connectivity index (χ0n) is 17.1. The molecular formula is C22H16ClFN6O2. The molecule has 0 aliphatic carbocycles. The Morgan fingerprint density at radius 1 is 1.00 bits per heavy atom. The van der Waals surface area contributed by atoms with Crippen molar-refractivity contribution < 1.29 is 13.3 Å². The van der Waals surface area contributed by atoms with E-state index in [9.17, 15) is 4.39 Å². The first-order valence-electron chi connectivity index (χ1n) is 9.71. The first-order chi connectivity index (χ1) is 15.5. The van der Waals surface area contributed by atoms with Gasteiger partial charge in [0.05, 0.1) is 17.3 Å². The summed E-state index contributed by atoms with van der Waals surface area (Å²) < 4.78 is 26.3. The first kappa shape index (κ1) is 20.1. The lowest BCUT2D eigenvalue weighted by Crippen LogP contribution is -2.05. The SMILES string of the molecule is Cc1oc(-c2ccccc2)nc1Cn1nnc(-c2nc(-c3ccc(F)c(Cl)c3)no2)c1C. The molecule has 0 atom stereocenters. The maximum atomic E-state index is 13.4. The summed E-state index contributed by atoms with van der Waals surface area (Å²) in [6.07, 6.45) is 0. The first-order valence-corrected chi connectivity index (χ1v) is 10.1. The molecule has 0 unspecified atom stereocenters. The Kier molecular flexibility index (Phi) is 5.02. The van der Waals surface area contributed by atoms with Gasteiger partial charge in [0.15, 0.2) is 5.69 Å². The highest BCUT2D eigenvalue weighted by molar-refractivity contribution is 6.31. The van der Waals surface area contributed by atoms with Crippen LogP contribution >= 0.6 is 11.6 Å². The Morgan fingerprint density at radius 2 is 1.81 bits per heavy atom. The number of aromatic nitrogens is 6. The molecule has 0 aliphatic rings. The molecule has 32 heavy (non-hydrogen) atoms. The minimum absolute atomic E-state index is 0.0196. The minimum Gasteiger partial charge on any atom is -0.441 e. The van der Waals surface area contributed by atoms with Crippen molar-refractivity contribution in [1.29, 1.82) is 0 Å². The van der Waals surface area contributed by atoms with Gasteiger partial charge in [-0.1, -0.05) is 40.2 Å². The molecule has 3 aromatic heterocycles. The fourth-order valence-corrected chi connectivity index (χ4v) is 3.38. The Hall–Kier alpha value is -3.85. The quantitative estimate of drug-likeness (QED) is 0.367. The second kappa shape index (κ2) is 8.01. The number of nitrogens with zero attached hydrogens (tertiary/aromatic N) is 6. The lowest BCUT2D eigenvalue weighted by atomic mass is 10.2. The highest BCUT2D eigenvalue weighted by atomic mass is 35.5. The van der Waals surface area contributed by atoms with Crippen LogP contribution in [0, 0.1) is 19.7 Å². The maximum absolute atomic E-state index is 13.4. The van der Waals surface area contributed by atoms with Crippen LogP contribution in [0.1, 0.15) is 17.1 Å². The van der Waals surface area contributed by atoms with E-state index in [1.54, 1.807) is 4.68 Å². The molecule has 0 radical (unpaired) electrons. The van der Waals surface area contributed by atoms with Crippen LogP contribution in [0.2, 0.25) is 5.02 Å². The van der Waals surface area contributed by atoms with E-state index >= 15 is 0 Å². The molecule has 0 saturated heterocycles. The molecule has 160 valence electrons. The number of oxazole rings is 1. The van der Waals surface area contributed by atoms with Gasteiger partial charge in [0.2, 0.25) is 11.7 Å². The van der Waals surface area contributed by atoms with Crippen molar-refractivity contribution in [3.63, 3.8) is 0 Å². The van der Waals surface area contributed by atoms with Gasteiger partial charge < -0.3 is 8.94 Å². The molecule has 0 bridgehead atoms. The average Bonchev–Trinajstić information content (AvgIpc) is 3.51. The second-order valence-corrected chi connectivity index (χ2v) is 7.53. The molecule has 5 rings (SSSR count). The lowest BCUT2D eigenvalue weighted by Gasteiger charge is -2.00. The van der Waals surface area contributed by atoms with Crippen LogP contribution in [0.4, 0.5) is 4.39 Å². The Balaban J connectivity index is 1.41. The van der Waals surface area contributed by atoms with E-state index in [1.165, 1.54) is 18.2 Å². The molecule has 10 heteroatoms. The summed E-state index contributed by atoms with van der Waals surface area (Å²) in [6, 6.07) is 13.9. The standard InChI is InChI=1S/C22H16ClFN6O2/c1-12-19(22-26-20(28-32-22)15-8-9-17(24)16(23)10-15)27-29-30(12)11-18-13(2)31-21(25-18)14-6-4-3-5-7-14/h3-10H,11H2,1-2H3. The molecule has 2 aromatic carbocycles. The highest BCUT2D eigenvalue weighted by Gasteiger charge is 2.20. The third-order valence-electron chi connectivity index (χ3n) is 5.00. The van der Waals surface area contributed by atoms with E-state index in [1.807, 2.05) is 44.2 Å². The topological polar surface area (TPSA) is 95.7 Å². The van der Waals surface area contributed by atoms with Gasteiger partial charge in [-0.05, 0) is 44.2 Å². The summed E-state index contributed by atoms with van der Waals surface area (Å²) in [7, 11) is 0. The van der Waals surface area contributed by atoms with E-state index in [0.717, 1.165) is 17.0 Å². The van der Waals surface area contributed by atoms with Crippen molar-refractivity contribution in [2.24, 2.45) is 0 Å². The highest BCUT2D eigenvalue weighted by Crippen LogP contribution is 2.27. The van der Waals surface area contributed by atoms with Crippen molar-refractivity contribution in [2.75, 3.05) is 0 Å². The van der Waals surface area contributed by atoms with Crippen molar-refractivity contribution in [1.82, 2.24) is 30.1 Å². The van der Waals surface area contributed by atoms with Crippen LogP contribution in [-0.2, 0) is 6.54 Å². The number of hydrogen-bond acceptors (Lipinski definition) is 7. The third-order valence-corrected chi connectivity index (χ3v) is 5.29. The van der Waals surface area contributed by atoms with Crippen LogP contribution in [0.5, 0.6) is 0 Å². The zero-order chi connectivity index (χ0) is 22.2. The second-order valence-electron chi connectivity index (χ2n) is 7.12. The number of aryl methyl sites for hydroxylation is 1. The molecule has 0 amide bonds. The van der Waals surface area contributed by atoms with Crippen LogP contribution in [0.3, 0.4) is 0 Å². The molecule has 0 saturated carbocycles. The Labute approximate surface area is 186 Å². The van der Waals surface area contributed by atoms with Crippen molar-refractivity contribution in [3.05, 3.63) is 76.5 Å². The number of halogens is 2. The fraction of sp³-hybridized carbons (Fsp3) is 0.136. The predicted octanol–water partition coefficient (Wildman–Crippen LogP) is 5.11. The van der Waals surface area contributed by atoms with Gasteiger partial charge in [-0.3, -0.25) is 0 Å². The van der Waals surface area contributed by atoms with E-state index < -0.39 is 5.82 Å². The Bertz CT molecular complexity index is 1410. The summed E-state index contributed by atoms with van der Waals surface area (Å²) in [6.45, 7) is 4.08. The van der Waals surface area contributed by atoms with E-state index in [4.69, 9.17) is 20.5 Å². The summed E-state index contributed by atoms with van der Waals surface area (Å²) in [5.41, 5.74) is 3.35. The van der Waals surface area contributed by atoms with Crippen LogP contribution < -0.4 is 0 Å². The van der Waals surface area contributed by atoms with Crippen LogP contribution in [-0.4, -0.2) is 30.1 Å². The van der Waals surface area contributed by atoms with E-state index in [-0.39, 0.29) is 16.7 Å². The smallest absolute Gasteiger partial charge is 0.280 e. The number of rotatable bonds is 5. The minimum atomic E-state index is -0.517. The summed E-state index contributed by atoms with van der Waals surface area (Å²) >= 11 is 5.85. The van der Waals surface area contributed by atoms with Gasteiger partial charge in [0.25, 0.3) is 5.89 Å². The fourth-order valence-electron chi connectivity index (χ4n) is 3.20. The van der Waals surface area contributed by atoms with Gasteiger partial charge in [-0.2, -0.15) is 4.98 Å². The van der Waals surface area contributed by atoms with Gasteiger partial charge in [0.1, 0.15) is 17.3 Å². The molecule has 5 aromatic rings. The van der Waals surface area contributed by atoms with Gasteiger partial charge in [-0.25, -0.2) is 14.1 Å². The monoisotopic (exact) mass is 450 g/mol. The Morgan fingerprint density at radius 3 is 2.59 bits per heavy atom. The molecule has 8 nitrogen and oxygen atoms in total. The van der Waals surface area contributed by atoms with Gasteiger partial charge in [-0.15, -0.1) is 5.10 Å². The van der Waals surface area contributed by atoms with Gasteiger partial charge >= 0.3 is 0 Å². The van der Waals surface area contributed by atoms with Gasteiger partial charge in [0, 0.05) is 11.1 Å². The maximum Gasteiger partial charge on any atom is 0.280 e. The summed E-state index contributed by atoms with van der Waals surface area (Å²) in [4.78, 5) is 8.96. The normalized spacial score (nSPS) is 11.2. The van der Waals surface area contributed by atoms with Crippen molar-refractivity contribution in [2.45, 2.75) is 20.4 Å². The van der Waals surface area contributed by atoms with E-state index in [0.29, 0.717) is 29.5 Å². The van der Waals surface area contributed by atoms with Crippen LogP contribution in [0.25, 0.3) is 34.4 Å². The largest absolute Gasteiger partial charge is 0.441 e.